The highest BCUT2D eigenvalue weighted by molar-refractivity contribution is 5.90. The third kappa shape index (κ3) is 3.60. The minimum atomic E-state index is -0.957. The number of carbonyl (C=O) groups is 2. The average Bonchev–Trinajstić information content (AvgIpc) is 2.61. The molecule has 0 aromatic heterocycles. The van der Waals surface area contributed by atoms with E-state index < -0.39 is 5.97 Å². The lowest BCUT2D eigenvalue weighted by molar-refractivity contribution is -0.120. The molecular formula is C20H17NO3. The Morgan fingerprint density at radius 2 is 1.58 bits per heavy atom. The van der Waals surface area contributed by atoms with Crippen molar-refractivity contribution in [1.29, 1.82) is 0 Å². The summed E-state index contributed by atoms with van der Waals surface area (Å²) in [4.78, 5) is 23.0. The van der Waals surface area contributed by atoms with Crippen LogP contribution in [0.3, 0.4) is 0 Å². The molecule has 0 saturated carbocycles. The average molecular weight is 319 g/mol. The van der Waals surface area contributed by atoms with Gasteiger partial charge in [-0.15, -0.1) is 0 Å². The van der Waals surface area contributed by atoms with Crippen LogP contribution in [0.15, 0.2) is 66.7 Å². The van der Waals surface area contributed by atoms with Gasteiger partial charge in [0.25, 0.3) is 0 Å². The number of rotatable bonds is 5. The van der Waals surface area contributed by atoms with Crippen LogP contribution in [0.25, 0.3) is 10.8 Å². The van der Waals surface area contributed by atoms with E-state index in [1.165, 1.54) is 12.1 Å². The van der Waals surface area contributed by atoms with Crippen molar-refractivity contribution in [2.45, 2.75) is 13.0 Å². The highest BCUT2D eigenvalue weighted by atomic mass is 16.4. The van der Waals surface area contributed by atoms with Gasteiger partial charge in [0.05, 0.1) is 12.0 Å². The van der Waals surface area contributed by atoms with E-state index in [1.807, 2.05) is 42.5 Å². The number of aromatic carboxylic acids is 1. The molecule has 0 saturated heterocycles. The molecule has 0 aliphatic rings. The molecule has 0 fully saturated rings. The Hall–Kier alpha value is -3.14. The second-order valence-electron chi connectivity index (χ2n) is 5.59. The summed E-state index contributed by atoms with van der Waals surface area (Å²) in [6, 6.07) is 20.4. The van der Waals surface area contributed by atoms with Crippen molar-refractivity contribution >= 4 is 22.6 Å². The molecule has 3 aromatic rings. The third-order valence-corrected chi connectivity index (χ3v) is 3.92. The molecule has 4 nitrogen and oxygen atoms in total. The predicted molar refractivity (Wildman–Crippen MR) is 92.9 cm³/mol. The molecule has 0 bridgehead atoms. The van der Waals surface area contributed by atoms with Gasteiger partial charge in [-0.25, -0.2) is 4.79 Å². The second kappa shape index (κ2) is 6.96. The molecule has 3 aromatic carbocycles. The van der Waals surface area contributed by atoms with Gasteiger partial charge in [-0.05, 0) is 34.0 Å². The second-order valence-corrected chi connectivity index (χ2v) is 5.59. The number of carboxylic acids is 1. The van der Waals surface area contributed by atoms with E-state index >= 15 is 0 Å². The van der Waals surface area contributed by atoms with Crippen LogP contribution in [0.4, 0.5) is 0 Å². The Balaban J connectivity index is 1.64. The smallest absolute Gasteiger partial charge is 0.335 e. The topological polar surface area (TPSA) is 66.4 Å². The largest absolute Gasteiger partial charge is 0.478 e. The fraction of sp³-hybridized carbons (Fsp3) is 0.100. The van der Waals surface area contributed by atoms with Crippen molar-refractivity contribution in [3.8, 4) is 0 Å². The Labute approximate surface area is 139 Å². The maximum Gasteiger partial charge on any atom is 0.335 e. The van der Waals surface area contributed by atoms with Crippen LogP contribution in [-0.2, 0) is 17.8 Å². The Bertz CT molecular complexity index is 880. The summed E-state index contributed by atoms with van der Waals surface area (Å²) in [6.07, 6.45) is 0.314. The van der Waals surface area contributed by atoms with E-state index in [1.54, 1.807) is 12.1 Å². The van der Waals surface area contributed by atoms with Gasteiger partial charge in [0.15, 0.2) is 0 Å². The number of hydrogen-bond donors (Lipinski definition) is 2. The van der Waals surface area contributed by atoms with Gasteiger partial charge >= 0.3 is 5.97 Å². The summed E-state index contributed by atoms with van der Waals surface area (Å²) in [5.41, 5.74) is 2.10. The van der Waals surface area contributed by atoms with Crippen molar-refractivity contribution in [2.24, 2.45) is 0 Å². The van der Waals surface area contributed by atoms with Gasteiger partial charge in [0.2, 0.25) is 5.91 Å². The molecule has 0 radical (unpaired) electrons. The predicted octanol–water partition coefficient (Wildman–Crippen LogP) is 3.40. The summed E-state index contributed by atoms with van der Waals surface area (Å²) in [5.74, 6) is -1.02. The molecule has 0 heterocycles. The Morgan fingerprint density at radius 3 is 2.33 bits per heavy atom. The quantitative estimate of drug-likeness (QED) is 0.757. The van der Waals surface area contributed by atoms with E-state index in [4.69, 9.17) is 5.11 Å². The van der Waals surface area contributed by atoms with Crippen LogP contribution in [-0.4, -0.2) is 17.0 Å². The third-order valence-electron chi connectivity index (χ3n) is 3.92. The zero-order valence-corrected chi connectivity index (χ0v) is 13.0. The molecule has 4 heteroatoms. The van der Waals surface area contributed by atoms with Crippen molar-refractivity contribution < 1.29 is 14.7 Å². The summed E-state index contributed by atoms with van der Waals surface area (Å²) >= 11 is 0. The normalized spacial score (nSPS) is 10.5. The summed E-state index contributed by atoms with van der Waals surface area (Å²) < 4.78 is 0. The first-order valence-corrected chi connectivity index (χ1v) is 7.69. The lowest BCUT2D eigenvalue weighted by Gasteiger charge is -2.08. The van der Waals surface area contributed by atoms with Crippen LogP contribution in [0, 0.1) is 0 Å². The number of fused-ring (bicyclic) bond motifs is 1. The van der Waals surface area contributed by atoms with E-state index in [0.717, 1.165) is 21.9 Å². The summed E-state index contributed by atoms with van der Waals surface area (Å²) in [6.45, 7) is 0.378. The van der Waals surface area contributed by atoms with E-state index in [2.05, 4.69) is 5.32 Å². The highest BCUT2D eigenvalue weighted by Gasteiger charge is 2.07. The van der Waals surface area contributed by atoms with Crippen molar-refractivity contribution in [3.05, 3.63) is 83.4 Å². The zero-order valence-electron chi connectivity index (χ0n) is 13.0. The molecule has 0 unspecified atom stereocenters. The molecule has 0 aliphatic heterocycles. The van der Waals surface area contributed by atoms with Crippen molar-refractivity contribution in [2.75, 3.05) is 0 Å². The van der Waals surface area contributed by atoms with Gasteiger partial charge in [0, 0.05) is 6.54 Å². The fourth-order valence-electron chi connectivity index (χ4n) is 2.65. The Kier molecular flexibility index (Phi) is 4.57. The number of nitrogens with one attached hydrogen (secondary N) is 1. The van der Waals surface area contributed by atoms with Gasteiger partial charge < -0.3 is 10.4 Å². The van der Waals surface area contributed by atoms with Crippen molar-refractivity contribution in [3.63, 3.8) is 0 Å². The summed E-state index contributed by atoms with van der Waals surface area (Å²) in [5, 5.41) is 14.0. The molecular weight excluding hydrogens is 302 g/mol. The maximum atomic E-state index is 12.2. The number of carbonyl (C=O) groups excluding carboxylic acids is 1. The first-order valence-electron chi connectivity index (χ1n) is 7.69. The van der Waals surface area contributed by atoms with E-state index in [-0.39, 0.29) is 11.5 Å². The number of benzene rings is 3. The van der Waals surface area contributed by atoms with Crippen LogP contribution in [0.1, 0.15) is 21.5 Å². The number of hydrogen-bond acceptors (Lipinski definition) is 2. The molecule has 24 heavy (non-hydrogen) atoms. The number of carboxylic acid groups (broad SMARTS) is 1. The minimum absolute atomic E-state index is 0.0614. The lowest BCUT2D eigenvalue weighted by atomic mass is 10.0. The molecule has 2 N–H and O–H groups in total. The SMILES string of the molecule is O=C(Cc1cccc2ccccc12)NCc1ccc(C(=O)O)cc1. The van der Waals surface area contributed by atoms with E-state index in [9.17, 15) is 9.59 Å². The van der Waals surface area contributed by atoms with Gasteiger partial charge in [-0.3, -0.25) is 4.79 Å². The molecule has 3 rings (SSSR count). The van der Waals surface area contributed by atoms with Crippen LogP contribution in [0.5, 0.6) is 0 Å². The molecule has 0 atom stereocenters. The van der Waals surface area contributed by atoms with Crippen LogP contribution in [0.2, 0.25) is 0 Å². The van der Waals surface area contributed by atoms with Gasteiger partial charge in [-0.1, -0.05) is 54.6 Å². The molecule has 0 aliphatic carbocycles. The lowest BCUT2D eigenvalue weighted by Crippen LogP contribution is -2.24. The highest BCUT2D eigenvalue weighted by Crippen LogP contribution is 2.18. The first kappa shape index (κ1) is 15.7. The minimum Gasteiger partial charge on any atom is -0.478 e. The monoisotopic (exact) mass is 319 g/mol. The standard InChI is InChI=1S/C20H17NO3/c22-19(21-13-14-8-10-16(11-9-14)20(23)24)12-17-6-3-5-15-4-1-2-7-18(15)17/h1-11H,12-13H2,(H,21,22)(H,23,24). The molecule has 1 amide bonds. The van der Waals surface area contributed by atoms with Gasteiger partial charge in [-0.2, -0.15) is 0 Å². The maximum absolute atomic E-state index is 12.2. The summed E-state index contributed by atoms with van der Waals surface area (Å²) in [7, 11) is 0. The molecule has 0 spiro atoms. The Morgan fingerprint density at radius 1 is 0.875 bits per heavy atom. The first-order chi connectivity index (χ1) is 11.6. The van der Waals surface area contributed by atoms with E-state index in [0.29, 0.717) is 13.0 Å². The van der Waals surface area contributed by atoms with Crippen LogP contribution >= 0.6 is 0 Å². The van der Waals surface area contributed by atoms with Crippen LogP contribution < -0.4 is 5.32 Å². The van der Waals surface area contributed by atoms with Gasteiger partial charge in [0.1, 0.15) is 0 Å². The fourth-order valence-corrected chi connectivity index (χ4v) is 2.65. The number of amides is 1. The molecule has 120 valence electrons. The zero-order chi connectivity index (χ0) is 16.9. The van der Waals surface area contributed by atoms with Crippen molar-refractivity contribution in [1.82, 2.24) is 5.32 Å².